The van der Waals surface area contributed by atoms with E-state index in [1.54, 1.807) is 13.8 Å². The fourth-order valence-corrected chi connectivity index (χ4v) is 4.46. The van der Waals surface area contributed by atoms with E-state index in [1.165, 1.54) is 0 Å². The summed E-state index contributed by atoms with van der Waals surface area (Å²) in [5.74, 6) is -1.46. The van der Waals surface area contributed by atoms with Crippen molar-refractivity contribution >= 4 is 29.1 Å². The van der Waals surface area contributed by atoms with E-state index in [1.807, 2.05) is 75.4 Å². The average Bonchev–Trinajstić information content (AvgIpc) is 2.80. The van der Waals surface area contributed by atoms with Crippen molar-refractivity contribution in [3.05, 3.63) is 88.0 Å². The van der Waals surface area contributed by atoms with Crippen LogP contribution in [0.3, 0.4) is 0 Å². The molecule has 0 aliphatic carbocycles. The van der Waals surface area contributed by atoms with Crippen molar-refractivity contribution in [3.63, 3.8) is 0 Å². The molecule has 1 aliphatic rings. The smallest absolute Gasteiger partial charge is 0.350 e. The van der Waals surface area contributed by atoms with Gasteiger partial charge in [0, 0.05) is 11.4 Å². The molecular weight excluding hydrogens is 452 g/mol. The Morgan fingerprint density at radius 3 is 1.97 bits per heavy atom. The van der Waals surface area contributed by atoms with Crippen LogP contribution in [-0.2, 0) is 23.8 Å². The molecule has 0 bridgehead atoms. The van der Waals surface area contributed by atoms with Crippen molar-refractivity contribution in [2.75, 3.05) is 13.2 Å². The van der Waals surface area contributed by atoms with Gasteiger partial charge in [0.25, 0.3) is 5.60 Å². The summed E-state index contributed by atoms with van der Waals surface area (Å²) in [4.78, 5) is 25.9. The topological polar surface area (TPSA) is 61.8 Å². The summed E-state index contributed by atoms with van der Waals surface area (Å²) >= 11 is 6.13. The Balaban J connectivity index is 2.17. The third-order valence-corrected chi connectivity index (χ3v) is 6.04. The zero-order chi connectivity index (χ0) is 24.9. The molecule has 3 rings (SSSR count). The average molecular weight is 483 g/mol. The molecule has 0 fully saturated rings. The van der Waals surface area contributed by atoms with E-state index in [0.29, 0.717) is 5.02 Å². The van der Waals surface area contributed by atoms with Crippen molar-refractivity contribution in [1.82, 2.24) is 0 Å². The lowest BCUT2D eigenvalue weighted by Gasteiger charge is -2.43. The number of halogens is 1. The van der Waals surface area contributed by atoms with E-state index in [2.05, 4.69) is 6.08 Å². The SMILES string of the molecule is CCOC(=O)C1(C(=O)OCC)CC(C)=C(/C=C(\c2ccccc2)c2ccc(Cl)cc2)C(C)(C)O1. The highest BCUT2D eigenvalue weighted by molar-refractivity contribution is 6.30. The summed E-state index contributed by atoms with van der Waals surface area (Å²) in [5, 5.41) is 0.654. The Hall–Kier alpha value is -2.89. The fourth-order valence-electron chi connectivity index (χ4n) is 4.34. The molecule has 0 aromatic heterocycles. The number of carbonyl (C=O) groups excluding carboxylic acids is 2. The molecule has 6 heteroatoms. The van der Waals surface area contributed by atoms with Crippen molar-refractivity contribution in [2.45, 2.75) is 52.2 Å². The number of ether oxygens (including phenoxy) is 3. The van der Waals surface area contributed by atoms with E-state index in [4.69, 9.17) is 25.8 Å². The van der Waals surface area contributed by atoms with Crippen molar-refractivity contribution < 1.29 is 23.8 Å². The molecule has 180 valence electrons. The predicted molar refractivity (Wildman–Crippen MR) is 133 cm³/mol. The highest BCUT2D eigenvalue weighted by atomic mass is 35.5. The Labute approximate surface area is 206 Å². The third kappa shape index (κ3) is 5.26. The molecule has 0 saturated heterocycles. The summed E-state index contributed by atoms with van der Waals surface area (Å²) in [6.07, 6.45) is 2.11. The van der Waals surface area contributed by atoms with Crippen LogP contribution in [0.2, 0.25) is 5.02 Å². The van der Waals surface area contributed by atoms with Gasteiger partial charge in [0.2, 0.25) is 0 Å². The fraction of sp³-hybridized carbons (Fsp3) is 0.357. The third-order valence-electron chi connectivity index (χ3n) is 5.79. The molecule has 5 nitrogen and oxygen atoms in total. The van der Waals surface area contributed by atoms with Crippen molar-refractivity contribution in [3.8, 4) is 0 Å². The summed E-state index contributed by atoms with van der Waals surface area (Å²) in [7, 11) is 0. The first-order valence-electron chi connectivity index (χ1n) is 11.4. The normalized spacial score (nSPS) is 17.3. The maximum atomic E-state index is 13.0. The van der Waals surface area contributed by atoms with Crippen LogP contribution < -0.4 is 0 Å². The first-order chi connectivity index (χ1) is 16.1. The number of benzene rings is 2. The van der Waals surface area contributed by atoms with Crippen LogP contribution in [0.5, 0.6) is 0 Å². The second-order valence-corrected chi connectivity index (χ2v) is 9.12. The molecule has 0 saturated carbocycles. The maximum absolute atomic E-state index is 13.0. The van der Waals surface area contributed by atoms with E-state index >= 15 is 0 Å². The molecule has 0 amide bonds. The van der Waals surface area contributed by atoms with Gasteiger partial charge in [0.15, 0.2) is 0 Å². The van der Waals surface area contributed by atoms with Gasteiger partial charge in [-0.3, -0.25) is 0 Å². The maximum Gasteiger partial charge on any atom is 0.350 e. The summed E-state index contributed by atoms with van der Waals surface area (Å²) in [5.41, 5.74) is 1.89. The molecule has 34 heavy (non-hydrogen) atoms. The minimum Gasteiger partial charge on any atom is -0.463 e. The predicted octanol–water partition coefficient (Wildman–Crippen LogP) is 6.15. The van der Waals surface area contributed by atoms with Crippen LogP contribution >= 0.6 is 11.6 Å². The van der Waals surface area contributed by atoms with Gasteiger partial charge >= 0.3 is 11.9 Å². The molecule has 2 aromatic carbocycles. The van der Waals surface area contributed by atoms with E-state index in [9.17, 15) is 9.59 Å². The second-order valence-electron chi connectivity index (χ2n) is 8.68. The molecular formula is C28H31ClO5. The van der Waals surface area contributed by atoms with E-state index in [0.717, 1.165) is 27.8 Å². The number of hydrogen-bond acceptors (Lipinski definition) is 5. The lowest BCUT2D eigenvalue weighted by molar-refractivity contribution is -0.206. The second kappa shape index (κ2) is 10.6. The quantitative estimate of drug-likeness (QED) is 0.349. The van der Waals surface area contributed by atoms with E-state index in [-0.39, 0.29) is 19.6 Å². The van der Waals surface area contributed by atoms with Gasteiger partial charge < -0.3 is 14.2 Å². The molecule has 0 spiro atoms. The first kappa shape index (κ1) is 25.7. The standard InChI is InChI=1S/C28H31ClO5/c1-6-32-25(30)28(26(31)33-7-2)18-19(3)24(27(4,5)34-28)17-23(20-11-9-8-10-12-20)21-13-15-22(29)16-14-21/h8-17H,6-7,18H2,1-5H3/b23-17+. The van der Waals surface area contributed by atoms with Gasteiger partial charge in [0.1, 0.15) is 0 Å². The van der Waals surface area contributed by atoms with Crippen LogP contribution in [0, 0.1) is 0 Å². The van der Waals surface area contributed by atoms with Gasteiger partial charge in [-0.25, -0.2) is 9.59 Å². The molecule has 1 aliphatic heterocycles. The number of hydrogen-bond donors (Lipinski definition) is 0. The highest BCUT2D eigenvalue weighted by Gasteiger charge is 2.57. The number of carbonyl (C=O) groups is 2. The van der Waals surface area contributed by atoms with Crippen LogP contribution in [-0.4, -0.2) is 36.4 Å². The molecule has 2 aromatic rings. The zero-order valence-electron chi connectivity index (χ0n) is 20.3. The van der Waals surface area contributed by atoms with Gasteiger partial charge in [-0.1, -0.05) is 59.6 Å². The van der Waals surface area contributed by atoms with E-state index < -0.39 is 23.1 Å². The Morgan fingerprint density at radius 1 is 0.941 bits per heavy atom. The molecule has 1 heterocycles. The van der Waals surface area contributed by atoms with Crippen LogP contribution in [0.25, 0.3) is 5.57 Å². The zero-order valence-corrected chi connectivity index (χ0v) is 21.1. The minimum atomic E-state index is -1.84. The molecule has 0 radical (unpaired) electrons. The number of rotatable bonds is 7. The monoisotopic (exact) mass is 482 g/mol. The summed E-state index contributed by atoms with van der Waals surface area (Å²) in [6, 6.07) is 17.6. The van der Waals surface area contributed by atoms with Crippen molar-refractivity contribution in [2.24, 2.45) is 0 Å². The molecule has 0 unspecified atom stereocenters. The molecule has 0 atom stereocenters. The van der Waals surface area contributed by atoms with Crippen LogP contribution in [0.1, 0.15) is 52.2 Å². The van der Waals surface area contributed by atoms with Crippen LogP contribution in [0.15, 0.2) is 71.8 Å². The largest absolute Gasteiger partial charge is 0.463 e. The highest BCUT2D eigenvalue weighted by Crippen LogP contribution is 2.43. The number of esters is 2. The van der Waals surface area contributed by atoms with Gasteiger partial charge in [-0.05, 0) is 75.1 Å². The summed E-state index contributed by atoms with van der Waals surface area (Å²) < 4.78 is 16.8. The Morgan fingerprint density at radius 2 is 1.47 bits per heavy atom. The molecule has 0 N–H and O–H groups in total. The lowest BCUT2D eigenvalue weighted by Crippen LogP contribution is -2.58. The Bertz CT molecular complexity index is 1080. The lowest BCUT2D eigenvalue weighted by atomic mass is 9.80. The first-order valence-corrected chi connectivity index (χ1v) is 11.8. The van der Waals surface area contributed by atoms with Gasteiger partial charge in [-0.15, -0.1) is 0 Å². The Kier molecular flexibility index (Phi) is 8.01. The van der Waals surface area contributed by atoms with Crippen molar-refractivity contribution in [1.29, 1.82) is 0 Å². The summed E-state index contributed by atoms with van der Waals surface area (Å²) in [6.45, 7) is 9.26. The van der Waals surface area contributed by atoms with Gasteiger partial charge in [-0.2, -0.15) is 0 Å². The van der Waals surface area contributed by atoms with Gasteiger partial charge in [0.05, 0.1) is 18.8 Å². The minimum absolute atomic E-state index is 0.0443. The van der Waals surface area contributed by atoms with Crippen LogP contribution in [0.4, 0.5) is 0 Å².